The van der Waals surface area contributed by atoms with E-state index in [0.29, 0.717) is 24.8 Å². The predicted molar refractivity (Wildman–Crippen MR) is 129 cm³/mol. The molecule has 2 saturated heterocycles. The van der Waals surface area contributed by atoms with Crippen molar-refractivity contribution in [2.45, 2.75) is 94.9 Å². The van der Waals surface area contributed by atoms with E-state index < -0.39 is 35.9 Å². The first-order chi connectivity index (χ1) is 17.9. The summed E-state index contributed by atoms with van der Waals surface area (Å²) in [4.78, 5) is 13.9. The minimum absolute atomic E-state index is 0.00694. The van der Waals surface area contributed by atoms with Crippen LogP contribution in [0.2, 0.25) is 0 Å². The lowest BCUT2D eigenvalue weighted by Crippen LogP contribution is -2.52. The summed E-state index contributed by atoms with van der Waals surface area (Å²) in [6.45, 7) is 0.541. The van der Waals surface area contributed by atoms with Gasteiger partial charge in [-0.2, -0.15) is 26.3 Å². The van der Waals surface area contributed by atoms with Crippen LogP contribution in [-0.4, -0.2) is 40.3 Å². The SMILES string of the molecule is O=C(O)C1CC2CCCC(C1)N2Cc1ccc2c(C(F)(F)F)c(O[C@H]3CC[C@@H](C(F)(F)F)CC3)ccc2c1. The third-order valence-corrected chi connectivity index (χ3v) is 8.60. The van der Waals surface area contributed by atoms with Gasteiger partial charge in [-0.15, -0.1) is 0 Å². The number of hydrogen-bond acceptors (Lipinski definition) is 3. The fraction of sp³-hybridized carbons (Fsp3) is 0.607. The quantitative estimate of drug-likeness (QED) is 0.395. The van der Waals surface area contributed by atoms with Crippen LogP contribution in [-0.2, 0) is 17.5 Å². The van der Waals surface area contributed by atoms with Crippen molar-refractivity contribution in [3.8, 4) is 5.75 Å². The van der Waals surface area contributed by atoms with Crippen LogP contribution in [0.5, 0.6) is 5.75 Å². The molecule has 1 saturated carbocycles. The minimum Gasteiger partial charge on any atom is -0.490 e. The Kier molecular flexibility index (Phi) is 7.30. The van der Waals surface area contributed by atoms with E-state index in [0.717, 1.165) is 24.8 Å². The van der Waals surface area contributed by atoms with Crippen molar-refractivity contribution >= 4 is 16.7 Å². The Labute approximate surface area is 216 Å². The first kappa shape index (κ1) is 27.1. The van der Waals surface area contributed by atoms with Crippen molar-refractivity contribution < 1.29 is 41.0 Å². The minimum atomic E-state index is -4.70. The molecule has 1 aliphatic carbocycles. The van der Waals surface area contributed by atoms with E-state index >= 15 is 0 Å². The molecular weight excluding hydrogens is 512 g/mol. The molecule has 2 heterocycles. The van der Waals surface area contributed by atoms with E-state index in [-0.39, 0.29) is 54.8 Å². The van der Waals surface area contributed by atoms with E-state index in [1.807, 2.05) is 0 Å². The fourth-order valence-electron chi connectivity index (χ4n) is 6.68. The number of nitrogens with zero attached hydrogens (tertiary/aromatic N) is 1. The number of benzene rings is 2. The molecule has 5 rings (SSSR count). The monoisotopic (exact) mass is 543 g/mol. The molecule has 0 amide bonds. The van der Waals surface area contributed by atoms with Crippen LogP contribution >= 0.6 is 0 Å². The van der Waals surface area contributed by atoms with Gasteiger partial charge in [-0.3, -0.25) is 9.69 Å². The van der Waals surface area contributed by atoms with Gasteiger partial charge >= 0.3 is 18.3 Å². The smallest absolute Gasteiger partial charge is 0.420 e. The highest BCUT2D eigenvalue weighted by Crippen LogP contribution is 2.44. The van der Waals surface area contributed by atoms with Crippen molar-refractivity contribution in [3.63, 3.8) is 0 Å². The summed E-state index contributed by atoms with van der Waals surface area (Å²) in [5, 5.41) is 9.89. The number of carboxylic acids is 1. The maximum atomic E-state index is 14.2. The number of carbonyl (C=O) groups is 1. The molecule has 4 nitrogen and oxygen atoms in total. The summed E-state index contributed by atoms with van der Waals surface area (Å²) >= 11 is 0. The summed E-state index contributed by atoms with van der Waals surface area (Å²) in [5.41, 5.74) is -0.0472. The van der Waals surface area contributed by atoms with E-state index in [4.69, 9.17) is 4.74 Å². The molecule has 0 spiro atoms. The number of carboxylic acid groups (broad SMARTS) is 1. The molecule has 2 aromatic rings. The first-order valence-corrected chi connectivity index (χ1v) is 13.2. The summed E-state index contributed by atoms with van der Waals surface area (Å²) in [5.74, 6) is -2.90. The summed E-state index contributed by atoms with van der Waals surface area (Å²) < 4.78 is 87.2. The van der Waals surface area contributed by atoms with Gasteiger partial charge in [0, 0.05) is 18.6 Å². The fourth-order valence-corrected chi connectivity index (χ4v) is 6.68. The number of aliphatic carboxylic acids is 1. The topological polar surface area (TPSA) is 49.8 Å². The third-order valence-electron chi connectivity index (χ3n) is 8.60. The van der Waals surface area contributed by atoms with E-state index in [1.54, 1.807) is 18.2 Å². The number of alkyl halides is 6. The maximum absolute atomic E-state index is 14.2. The Balaban J connectivity index is 1.36. The summed E-state index contributed by atoms with van der Waals surface area (Å²) in [6, 6.07) is 8.00. The van der Waals surface area contributed by atoms with Gasteiger partial charge < -0.3 is 9.84 Å². The number of halogens is 6. The van der Waals surface area contributed by atoms with Crippen LogP contribution in [0.4, 0.5) is 26.3 Å². The zero-order valence-electron chi connectivity index (χ0n) is 20.8. The van der Waals surface area contributed by atoms with Crippen LogP contribution in [0.25, 0.3) is 10.8 Å². The molecule has 2 unspecified atom stereocenters. The maximum Gasteiger partial charge on any atom is 0.420 e. The molecular formula is C28H31F6NO3. The highest BCUT2D eigenvalue weighted by molar-refractivity contribution is 5.89. The average molecular weight is 544 g/mol. The molecule has 0 aromatic heterocycles. The summed E-state index contributed by atoms with van der Waals surface area (Å²) in [7, 11) is 0. The van der Waals surface area contributed by atoms with Gasteiger partial charge in [-0.1, -0.05) is 24.6 Å². The second kappa shape index (κ2) is 10.2. The number of ether oxygens (including phenoxy) is 1. The zero-order chi connectivity index (χ0) is 27.2. The molecule has 2 atom stereocenters. The van der Waals surface area contributed by atoms with Crippen LogP contribution in [0.15, 0.2) is 30.3 Å². The third kappa shape index (κ3) is 5.60. The van der Waals surface area contributed by atoms with Crippen molar-refractivity contribution in [1.82, 2.24) is 4.90 Å². The molecule has 10 heteroatoms. The van der Waals surface area contributed by atoms with Crippen molar-refractivity contribution in [2.75, 3.05) is 0 Å². The van der Waals surface area contributed by atoms with Gasteiger partial charge in [0.15, 0.2) is 0 Å². The normalized spacial score (nSPS) is 28.8. The Hall–Kier alpha value is -2.49. The number of rotatable bonds is 5. The lowest BCUT2D eigenvalue weighted by Gasteiger charge is -2.48. The Morgan fingerprint density at radius 1 is 0.921 bits per heavy atom. The van der Waals surface area contributed by atoms with Crippen LogP contribution in [0, 0.1) is 11.8 Å². The van der Waals surface area contributed by atoms with Gasteiger partial charge in [-0.05, 0) is 79.8 Å². The Morgan fingerprint density at radius 3 is 2.16 bits per heavy atom. The van der Waals surface area contributed by atoms with Crippen molar-refractivity contribution in [3.05, 3.63) is 41.5 Å². The van der Waals surface area contributed by atoms with Crippen molar-refractivity contribution in [2.24, 2.45) is 11.8 Å². The zero-order valence-corrected chi connectivity index (χ0v) is 20.8. The number of hydrogen-bond donors (Lipinski definition) is 1. The summed E-state index contributed by atoms with van der Waals surface area (Å²) in [6.07, 6.45) is -5.84. The highest BCUT2D eigenvalue weighted by atomic mass is 19.4. The van der Waals surface area contributed by atoms with E-state index in [2.05, 4.69) is 4.90 Å². The predicted octanol–water partition coefficient (Wildman–Crippen LogP) is 7.58. The number of piperidine rings is 2. The van der Waals surface area contributed by atoms with Crippen molar-refractivity contribution in [1.29, 1.82) is 0 Å². The number of fused-ring (bicyclic) bond motifs is 3. The van der Waals surface area contributed by atoms with Gasteiger partial charge in [0.05, 0.1) is 17.9 Å². The molecule has 2 aliphatic heterocycles. The average Bonchev–Trinajstić information content (AvgIpc) is 2.82. The molecule has 3 fully saturated rings. The molecule has 2 bridgehead atoms. The van der Waals surface area contributed by atoms with Gasteiger partial charge in [0.1, 0.15) is 11.3 Å². The lowest BCUT2D eigenvalue weighted by molar-refractivity contribution is -0.185. The molecule has 208 valence electrons. The molecule has 0 radical (unpaired) electrons. The van der Waals surface area contributed by atoms with Gasteiger partial charge in [0.25, 0.3) is 0 Å². The van der Waals surface area contributed by atoms with Gasteiger partial charge in [-0.25, -0.2) is 0 Å². The standard InChI is InChI=1S/C28H31F6NO3/c29-27(30,31)19-6-8-22(9-7-19)38-24-11-5-17-12-16(4-10-23(17)25(24)28(32,33)34)15-35-20-2-1-3-21(35)14-18(13-20)26(36)37/h4-5,10-12,18-22H,1-3,6-9,13-15H2,(H,36,37)/t18?,19-,20?,21?,22+. The molecule has 1 N–H and O–H groups in total. The van der Waals surface area contributed by atoms with E-state index in [1.165, 1.54) is 12.1 Å². The van der Waals surface area contributed by atoms with Crippen LogP contribution in [0.3, 0.4) is 0 Å². The van der Waals surface area contributed by atoms with E-state index in [9.17, 15) is 36.2 Å². The lowest BCUT2D eigenvalue weighted by atomic mass is 9.78. The largest absolute Gasteiger partial charge is 0.490 e. The van der Waals surface area contributed by atoms with Gasteiger partial charge in [0.2, 0.25) is 0 Å². The molecule has 2 aromatic carbocycles. The van der Waals surface area contributed by atoms with Crippen LogP contribution in [0.1, 0.15) is 68.9 Å². The second-order valence-electron chi connectivity index (χ2n) is 11.0. The second-order valence-corrected chi connectivity index (χ2v) is 11.0. The molecule has 3 aliphatic rings. The Bertz CT molecular complexity index is 1160. The highest BCUT2D eigenvalue weighted by Gasteiger charge is 2.43. The molecule has 38 heavy (non-hydrogen) atoms. The first-order valence-electron chi connectivity index (χ1n) is 13.2. The van der Waals surface area contributed by atoms with Crippen LogP contribution < -0.4 is 4.74 Å². The Morgan fingerprint density at radius 2 is 1.58 bits per heavy atom.